The number of thiophene rings is 1. The second-order valence-electron chi connectivity index (χ2n) is 15.8. The first-order chi connectivity index (χ1) is 32.9. The predicted molar refractivity (Wildman–Crippen MR) is 247 cm³/mol. The summed E-state index contributed by atoms with van der Waals surface area (Å²) >= 11 is 7.87. The molecule has 3 N–H and O–H groups in total. The lowest BCUT2D eigenvalue weighted by Crippen LogP contribution is -2.54. The van der Waals surface area contributed by atoms with Gasteiger partial charge in [0, 0.05) is 40.5 Å². The number of aliphatic imine (C=N–C) groups is 1. The number of imide groups is 2. The highest BCUT2D eigenvalue weighted by Crippen LogP contribution is 2.40. The molecule has 7 rings (SSSR count). The third-order valence-electron chi connectivity index (χ3n) is 11.1. The van der Waals surface area contributed by atoms with E-state index in [9.17, 15) is 28.8 Å². The molecule has 3 aliphatic heterocycles. The molecule has 22 heteroatoms. The van der Waals surface area contributed by atoms with Crippen LogP contribution in [-0.4, -0.2) is 153 Å². The number of piperidine rings is 1. The zero-order valence-electron chi connectivity index (χ0n) is 37.9. The van der Waals surface area contributed by atoms with Crippen LogP contribution in [-0.2, 0) is 42.9 Å². The number of aromatic nitrogens is 3. The van der Waals surface area contributed by atoms with Crippen molar-refractivity contribution >= 4 is 64.1 Å². The molecular formula is C46H53ClN8O12S. The van der Waals surface area contributed by atoms with Crippen molar-refractivity contribution in [3.8, 4) is 10.8 Å². The van der Waals surface area contributed by atoms with Crippen LogP contribution in [0.2, 0.25) is 5.02 Å². The summed E-state index contributed by atoms with van der Waals surface area (Å²) in [6, 6.07) is 10.3. The largest absolute Gasteiger partial charge is 0.483 e. The number of fused-ring (bicyclic) bond motifs is 4. The van der Waals surface area contributed by atoms with Crippen molar-refractivity contribution in [2.24, 2.45) is 4.99 Å². The number of nitrogens with one attached hydrogen (secondary N) is 3. The number of benzene rings is 2. The van der Waals surface area contributed by atoms with Gasteiger partial charge in [0.2, 0.25) is 17.7 Å². The zero-order valence-corrected chi connectivity index (χ0v) is 39.5. The number of amides is 6. The fourth-order valence-electron chi connectivity index (χ4n) is 7.69. The van der Waals surface area contributed by atoms with Crippen molar-refractivity contribution in [1.82, 2.24) is 35.6 Å². The topological polar surface area (TPSA) is 240 Å². The predicted octanol–water partition coefficient (Wildman–Crippen LogP) is 2.99. The summed E-state index contributed by atoms with van der Waals surface area (Å²) < 4.78 is 35.3. The summed E-state index contributed by atoms with van der Waals surface area (Å²) in [7, 11) is 0. The molecule has 2 atom stereocenters. The lowest BCUT2D eigenvalue weighted by molar-refractivity contribution is -0.136. The van der Waals surface area contributed by atoms with Gasteiger partial charge in [-0.05, 0) is 57.0 Å². The van der Waals surface area contributed by atoms with E-state index < -0.39 is 48.2 Å². The van der Waals surface area contributed by atoms with Crippen molar-refractivity contribution in [2.45, 2.75) is 52.1 Å². The van der Waals surface area contributed by atoms with E-state index in [1.54, 1.807) is 11.3 Å². The van der Waals surface area contributed by atoms with Gasteiger partial charge >= 0.3 is 0 Å². The molecule has 1 unspecified atom stereocenters. The van der Waals surface area contributed by atoms with Gasteiger partial charge in [-0.2, -0.15) is 0 Å². The van der Waals surface area contributed by atoms with Gasteiger partial charge in [0.15, 0.2) is 12.4 Å². The van der Waals surface area contributed by atoms with Crippen LogP contribution < -0.4 is 20.7 Å². The summed E-state index contributed by atoms with van der Waals surface area (Å²) in [5, 5.41) is 18.2. The van der Waals surface area contributed by atoms with E-state index in [4.69, 9.17) is 45.0 Å². The Balaban J connectivity index is 0.683. The van der Waals surface area contributed by atoms with Crippen molar-refractivity contribution in [1.29, 1.82) is 0 Å². The number of carbonyl (C=O) groups is 6. The summed E-state index contributed by atoms with van der Waals surface area (Å²) in [5.41, 5.74) is 3.84. The number of ether oxygens (including phenoxy) is 6. The Hall–Kier alpha value is -5.94. The molecule has 0 radical (unpaired) electrons. The molecule has 0 spiro atoms. The van der Waals surface area contributed by atoms with Crippen LogP contribution in [0.15, 0.2) is 47.5 Å². The minimum atomic E-state index is -1.11. The molecule has 0 saturated carbocycles. The quantitative estimate of drug-likeness (QED) is 0.0640. The number of hydrogen-bond acceptors (Lipinski definition) is 16. The summed E-state index contributed by atoms with van der Waals surface area (Å²) in [6.45, 7) is 9.55. The molecule has 2 aromatic carbocycles. The molecule has 4 aromatic rings. The van der Waals surface area contributed by atoms with E-state index in [1.165, 1.54) is 23.1 Å². The fourth-order valence-corrected chi connectivity index (χ4v) is 9.03. The zero-order chi connectivity index (χ0) is 48.2. The van der Waals surface area contributed by atoms with Crippen LogP contribution in [0.3, 0.4) is 0 Å². The number of hydrogen-bond donors (Lipinski definition) is 3. The number of halogens is 1. The molecule has 68 heavy (non-hydrogen) atoms. The standard InChI is InChI=1S/C46H53ClN8O12S/c1-27-28(2)68-46-39(27)41(30-7-9-31(47)10-8-30)50-33(42-53-52-29(3)54(42)46)25-37(57)48-13-15-62-17-19-64-21-23-66-24-22-65-20-18-63-16-14-49-38(58)26-67-35-6-4-5-32-40(35)45(61)55(44(32)60)34-11-12-36(56)51-43(34)59/h4-10,33-34H,11-26H2,1-3H3,(H,48,57)(H,49,58)(H,51,56,59)/t33-,34?/m0/s1. The Kier molecular flexibility index (Phi) is 17.5. The van der Waals surface area contributed by atoms with Gasteiger partial charge in [0.1, 0.15) is 28.7 Å². The first-order valence-corrected chi connectivity index (χ1v) is 23.4. The average molecular weight is 977 g/mol. The maximum absolute atomic E-state index is 13.2. The highest BCUT2D eigenvalue weighted by molar-refractivity contribution is 7.15. The van der Waals surface area contributed by atoms with Gasteiger partial charge in [-0.25, -0.2) is 0 Å². The minimum Gasteiger partial charge on any atom is -0.483 e. The van der Waals surface area contributed by atoms with Crippen molar-refractivity contribution in [3.05, 3.63) is 91.8 Å². The first kappa shape index (κ1) is 50.0. The van der Waals surface area contributed by atoms with Crippen molar-refractivity contribution < 1.29 is 57.2 Å². The van der Waals surface area contributed by atoms with Gasteiger partial charge in [-0.1, -0.05) is 29.8 Å². The number of nitrogens with zero attached hydrogens (tertiary/aromatic N) is 5. The Labute approximate surface area is 401 Å². The van der Waals surface area contributed by atoms with E-state index in [0.29, 0.717) is 76.9 Å². The molecule has 2 aromatic heterocycles. The minimum absolute atomic E-state index is 0.00304. The highest BCUT2D eigenvalue weighted by atomic mass is 35.5. The molecule has 0 aliphatic carbocycles. The molecule has 362 valence electrons. The van der Waals surface area contributed by atoms with Gasteiger partial charge in [0.25, 0.3) is 17.7 Å². The van der Waals surface area contributed by atoms with Gasteiger partial charge in [0.05, 0.1) is 89.3 Å². The Morgan fingerprint density at radius 3 is 2.03 bits per heavy atom. The molecule has 20 nitrogen and oxygen atoms in total. The van der Waals surface area contributed by atoms with Crippen LogP contribution in [0.5, 0.6) is 5.75 Å². The lowest BCUT2D eigenvalue weighted by Gasteiger charge is -2.27. The Morgan fingerprint density at radius 1 is 0.779 bits per heavy atom. The highest BCUT2D eigenvalue weighted by Gasteiger charge is 2.46. The van der Waals surface area contributed by atoms with E-state index in [2.05, 4.69) is 40.0 Å². The molecule has 1 fully saturated rings. The van der Waals surface area contributed by atoms with Crippen LogP contribution in [0.1, 0.15) is 79.2 Å². The maximum atomic E-state index is 13.2. The summed E-state index contributed by atoms with van der Waals surface area (Å²) in [5.74, 6) is -1.85. The van der Waals surface area contributed by atoms with Crippen LogP contribution in [0, 0.1) is 20.8 Å². The molecule has 0 bridgehead atoms. The maximum Gasteiger partial charge on any atom is 0.266 e. The van der Waals surface area contributed by atoms with Crippen LogP contribution >= 0.6 is 22.9 Å². The summed E-state index contributed by atoms with van der Waals surface area (Å²) in [6.07, 6.45) is 0.114. The second kappa shape index (κ2) is 23.9. The smallest absolute Gasteiger partial charge is 0.266 e. The SMILES string of the molecule is Cc1sc2c(c1C)C(c1ccc(Cl)cc1)=N[C@@H](CC(=O)NCCOCCOCCOCCOCCOCCNC(=O)COc1cccc3c1C(=O)N(C1CCC(=O)NC1=O)C3=O)c1nnc(C)n1-2. The normalized spacial score (nSPS) is 16.5. The van der Waals surface area contributed by atoms with Gasteiger partial charge in [-0.15, -0.1) is 21.5 Å². The average Bonchev–Trinajstić information content (AvgIpc) is 3.90. The molecule has 1 saturated heterocycles. The molecule has 5 heterocycles. The fraction of sp³-hybridized carbons (Fsp3) is 0.457. The summed E-state index contributed by atoms with van der Waals surface area (Å²) in [4.78, 5) is 82.8. The van der Waals surface area contributed by atoms with Crippen molar-refractivity contribution in [2.75, 3.05) is 85.8 Å². The number of carbonyl (C=O) groups excluding carboxylic acids is 6. The number of aryl methyl sites for hydroxylation is 2. The Morgan fingerprint density at radius 2 is 1.40 bits per heavy atom. The third kappa shape index (κ3) is 12.2. The van der Waals surface area contributed by atoms with E-state index >= 15 is 0 Å². The third-order valence-corrected chi connectivity index (χ3v) is 12.6. The van der Waals surface area contributed by atoms with Crippen molar-refractivity contribution in [3.63, 3.8) is 0 Å². The lowest BCUT2D eigenvalue weighted by atomic mass is 9.99. The first-order valence-electron chi connectivity index (χ1n) is 22.2. The van der Waals surface area contributed by atoms with E-state index in [-0.39, 0.29) is 55.2 Å². The van der Waals surface area contributed by atoms with E-state index in [0.717, 1.165) is 38.1 Å². The Bertz CT molecular complexity index is 2530. The number of rotatable bonds is 25. The monoisotopic (exact) mass is 976 g/mol. The van der Waals surface area contributed by atoms with Crippen LogP contribution in [0.25, 0.3) is 5.00 Å². The van der Waals surface area contributed by atoms with Gasteiger partial charge < -0.3 is 39.1 Å². The van der Waals surface area contributed by atoms with Gasteiger partial charge in [-0.3, -0.25) is 48.5 Å². The molecule has 3 aliphatic rings. The molecular weight excluding hydrogens is 924 g/mol. The van der Waals surface area contributed by atoms with Crippen LogP contribution in [0.4, 0.5) is 0 Å². The van der Waals surface area contributed by atoms with E-state index in [1.807, 2.05) is 35.8 Å². The molecule has 6 amide bonds. The second-order valence-corrected chi connectivity index (χ2v) is 17.4.